The number of nitrogens with two attached hydrogens (primary N) is 1. The predicted molar refractivity (Wildman–Crippen MR) is 102 cm³/mol. The van der Waals surface area contributed by atoms with Gasteiger partial charge in [-0.25, -0.2) is 4.98 Å². The highest BCUT2D eigenvalue weighted by atomic mass is 32.2. The standard InChI is InChI=1S/C17H20N4O3S2/c1-11-10-25-17(19-11)26-15-6-5-12(8-14(15)21(23)24)16(22)20-7-3-2-4-13(20)9-18/h5-6,8,10,13H,2-4,7,9,18H2,1H3. The Morgan fingerprint density at radius 1 is 1.50 bits per heavy atom. The maximum Gasteiger partial charge on any atom is 0.284 e. The first-order valence-corrected chi connectivity index (χ1v) is 10.1. The van der Waals surface area contributed by atoms with E-state index in [4.69, 9.17) is 5.73 Å². The number of carbonyl (C=O) groups is 1. The number of nitrogens with zero attached hydrogens (tertiary/aromatic N) is 3. The van der Waals surface area contributed by atoms with E-state index in [-0.39, 0.29) is 17.6 Å². The van der Waals surface area contributed by atoms with Crippen molar-refractivity contribution in [2.45, 2.75) is 41.5 Å². The van der Waals surface area contributed by atoms with Gasteiger partial charge >= 0.3 is 0 Å². The third-order valence-electron chi connectivity index (χ3n) is 4.36. The molecule has 1 atom stereocenters. The minimum atomic E-state index is -0.448. The largest absolute Gasteiger partial charge is 0.334 e. The lowest BCUT2D eigenvalue weighted by atomic mass is 10.0. The normalized spacial score (nSPS) is 17.3. The second kappa shape index (κ2) is 8.15. The minimum Gasteiger partial charge on any atom is -0.334 e. The van der Waals surface area contributed by atoms with Gasteiger partial charge in [-0.05, 0) is 38.3 Å². The van der Waals surface area contributed by atoms with Crippen LogP contribution in [0.15, 0.2) is 32.8 Å². The lowest BCUT2D eigenvalue weighted by Crippen LogP contribution is -2.47. The Labute approximate surface area is 159 Å². The molecule has 2 heterocycles. The van der Waals surface area contributed by atoms with Gasteiger partial charge in [-0.15, -0.1) is 11.3 Å². The quantitative estimate of drug-likeness (QED) is 0.617. The number of nitro benzene ring substituents is 1. The molecule has 1 amide bonds. The number of thiazole rings is 1. The van der Waals surface area contributed by atoms with Gasteiger partial charge in [-0.2, -0.15) is 0 Å². The molecule has 0 radical (unpaired) electrons. The molecule has 7 nitrogen and oxygen atoms in total. The molecule has 1 fully saturated rings. The number of aromatic nitrogens is 1. The first kappa shape index (κ1) is 18.8. The molecular weight excluding hydrogens is 372 g/mol. The number of piperidine rings is 1. The average Bonchev–Trinajstić information content (AvgIpc) is 3.06. The molecule has 2 aromatic rings. The van der Waals surface area contributed by atoms with E-state index in [1.54, 1.807) is 17.0 Å². The summed E-state index contributed by atoms with van der Waals surface area (Å²) in [5.74, 6) is -0.190. The summed E-state index contributed by atoms with van der Waals surface area (Å²) in [6, 6.07) is 4.66. The molecule has 0 aliphatic carbocycles. The number of hydrogen-bond donors (Lipinski definition) is 1. The Balaban J connectivity index is 1.88. The summed E-state index contributed by atoms with van der Waals surface area (Å²) in [4.78, 5) is 30.5. The third kappa shape index (κ3) is 4.05. The molecule has 1 unspecified atom stereocenters. The van der Waals surface area contributed by atoms with Crippen LogP contribution in [0.1, 0.15) is 35.3 Å². The van der Waals surface area contributed by atoms with Crippen LogP contribution in [0.2, 0.25) is 0 Å². The molecule has 0 bridgehead atoms. The molecule has 1 aromatic carbocycles. The first-order chi connectivity index (χ1) is 12.5. The number of rotatable bonds is 5. The van der Waals surface area contributed by atoms with Crippen LogP contribution in [0.25, 0.3) is 0 Å². The maximum atomic E-state index is 12.8. The van der Waals surface area contributed by atoms with E-state index in [0.29, 0.717) is 23.5 Å². The van der Waals surface area contributed by atoms with Gasteiger partial charge in [0.25, 0.3) is 11.6 Å². The molecule has 3 rings (SSSR count). The van der Waals surface area contributed by atoms with Crippen molar-refractivity contribution in [2.24, 2.45) is 5.73 Å². The van der Waals surface area contributed by atoms with Crippen molar-refractivity contribution in [3.63, 3.8) is 0 Å². The summed E-state index contributed by atoms with van der Waals surface area (Å²) in [7, 11) is 0. The molecule has 2 N–H and O–H groups in total. The SMILES string of the molecule is Cc1csc(Sc2ccc(C(=O)N3CCCCC3CN)cc2[N+](=O)[O-])n1. The van der Waals surface area contributed by atoms with Gasteiger partial charge in [0.1, 0.15) is 0 Å². The van der Waals surface area contributed by atoms with Crippen LogP contribution < -0.4 is 5.73 Å². The van der Waals surface area contributed by atoms with Gasteiger partial charge < -0.3 is 10.6 Å². The Morgan fingerprint density at radius 2 is 2.31 bits per heavy atom. The zero-order chi connectivity index (χ0) is 18.7. The summed E-state index contributed by atoms with van der Waals surface area (Å²) >= 11 is 2.69. The minimum absolute atomic E-state index is 0.00246. The molecule has 0 spiro atoms. The van der Waals surface area contributed by atoms with Gasteiger partial charge in [0.05, 0.1) is 9.82 Å². The number of carbonyl (C=O) groups excluding carboxylic acids is 1. The van der Waals surface area contributed by atoms with Crippen molar-refractivity contribution in [2.75, 3.05) is 13.1 Å². The molecule has 138 valence electrons. The Morgan fingerprint density at radius 3 is 2.96 bits per heavy atom. The number of nitro groups is 1. The Bertz CT molecular complexity index is 824. The van der Waals surface area contributed by atoms with E-state index >= 15 is 0 Å². The van der Waals surface area contributed by atoms with Gasteiger partial charge in [-0.1, -0.05) is 11.8 Å². The molecular formula is C17H20N4O3S2. The van der Waals surface area contributed by atoms with E-state index in [9.17, 15) is 14.9 Å². The second-order valence-electron chi connectivity index (χ2n) is 6.18. The molecule has 1 aliphatic heterocycles. The fourth-order valence-corrected chi connectivity index (χ4v) is 4.91. The first-order valence-electron chi connectivity index (χ1n) is 8.39. The second-order valence-corrected chi connectivity index (χ2v) is 8.33. The maximum absolute atomic E-state index is 12.8. The molecule has 9 heteroatoms. The summed E-state index contributed by atoms with van der Waals surface area (Å²) in [6.45, 7) is 2.93. The molecule has 1 aromatic heterocycles. The monoisotopic (exact) mass is 392 g/mol. The predicted octanol–water partition coefficient (Wildman–Crippen LogP) is 3.46. The van der Waals surface area contributed by atoms with Gasteiger partial charge in [0.2, 0.25) is 0 Å². The van der Waals surface area contributed by atoms with E-state index in [2.05, 4.69) is 4.98 Å². The summed E-state index contributed by atoms with van der Waals surface area (Å²) in [5, 5.41) is 13.4. The summed E-state index contributed by atoms with van der Waals surface area (Å²) in [5.41, 5.74) is 6.92. The smallest absolute Gasteiger partial charge is 0.284 e. The van der Waals surface area contributed by atoms with E-state index in [1.807, 2.05) is 12.3 Å². The highest BCUT2D eigenvalue weighted by Gasteiger charge is 2.28. The van der Waals surface area contributed by atoms with Gasteiger partial charge in [0.15, 0.2) is 4.34 Å². The zero-order valence-corrected chi connectivity index (χ0v) is 16.0. The van der Waals surface area contributed by atoms with Crippen LogP contribution >= 0.6 is 23.1 Å². The highest BCUT2D eigenvalue weighted by Crippen LogP contribution is 2.37. The Kier molecular flexibility index (Phi) is 5.90. The van der Waals surface area contributed by atoms with E-state index in [1.165, 1.54) is 29.2 Å². The molecule has 1 aliphatic rings. The van der Waals surface area contributed by atoms with E-state index in [0.717, 1.165) is 29.3 Å². The highest BCUT2D eigenvalue weighted by molar-refractivity contribution is 8.01. The Hall–Kier alpha value is -1.97. The van der Waals surface area contributed by atoms with Gasteiger partial charge in [0, 0.05) is 41.8 Å². The average molecular weight is 393 g/mol. The summed E-state index contributed by atoms with van der Waals surface area (Å²) in [6.07, 6.45) is 2.86. The lowest BCUT2D eigenvalue weighted by molar-refractivity contribution is -0.387. The lowest BCUT2D eigenvalue weighted by Gasteiger charge is -2.35. The van der Waals surface area contributed by atoms with Gasteiger partial charge in [-0.3, -0.25) is 14.9 Å². The summed E-state index contributed by atoms with van der Waals surface area (Å²) < 4.78 is 0.740. The van der Waals surface area contributed by atoms with Crippen LogP contribution in [-0.4, -0.2) is 39.8 Å². The number of hydrogen-bond acceptors (Lipinski definition) is 7. The number of amides is 1. The van der Waals surface area contributed by atoms with E-state index < -0.39 is 4.92 Å². The number of benzene rings is 1. The zero-order valence-electron chi connectivity index (χ0n) is 14.4. The van der Waals surface area contributed by atoms with Crippen LogP contribution in [0.4, 0.5) is 5.69 Å². The number of likely N-dealkylation sites (tertiary alicyclic amines) is 1. The molecule has 0 saturated carbocycles. The van der Waals surface area contributed by atoms with Crippen molar-refractivity contribution in [1.29, 1.82) is 0 Å². The van der Waals surface area contributed by atoms with Crippen molar-refractivity contribution in [3.05, 3.63) is 45.0 Å². The number of aryl methyl sites for hydroxylation is 1. The molecule has 1 saturated heterocycles. The van der Waals surface area contributed by atoms with Crippen molar-refractivity contribution >= 4 is 34.7 Å². The molecule has 26 heavy (non-hydrogen) atoms. The van der Waals surface area contributed by atoms with Crippen molar-refractivity contribution < 1.29 is 9.72 Å². The fraction of sp³-hybridized carbons (Fsp3) is 0.412. The van der Waals surface area contributed by atoms with Crippen LogP contribution in [0.3, 0.4) is 0 Å². The third-order valence-corrected chi connectivity index (χ3v) is 6.48. The topological polar surface area (TPSA) is 102 Å². The van der Waals surface area contributed by atoms with Crippen LogP contribution in [-0.2, 0) is 0 Å². The van der Waals surface area contributed by atoms with Crippen molar-refractivity contribution in [3.8, 4) is 0 Å². The van der Waals surface area contributed by atoms with Crippen molar-refractivity contribution in [1.82, 2.24) is 9.88 Å². The fourth-order valence-electron chi connectivity index (χ4n) is 3.03. The van der Waals surface area contributed by atoms with Crippen LogP contribution in [0.5, 0.6) is 0 Å². The van der Waals surface area contributed by atoms with Crippen LogP contribution in [0, 0.1) is 17.0 Å².